The maximum Gasteiger partial charge on any atom is 0.268 e. The van der Waals surface area contributed by atoms with Gasteiger partial charge in [-0.25, -0.2) is 8.78 Å². The van der Waals surface area contributed by atoms with E-state index in [0.717, 1.165) is 0 Å². The summed E-state index contributed by atoms with van der Waals surface area (Å²) in [5, 5.41) is 0. The molecule has 3 aromatic rings. The molecule has 168 valence electrons. The number of thioether (sulfide) groups is 1. The normalized spacial score (nSPS) is 19.3. The molecule has 3 aromatic carbocycles. The fourth-order valence-corrected chi connectivity index (χ4v) is 5.90. The van der Waals surface area contributed by atoms with Gasteiger partial charge in [0.2, 0.25) is 0 Å². The Balaban J connectivity index is 1.61. The first-order chi connectivity index (χ1) is 15.9. The zero-order valence-electron chi connectivity index (χ0n) is 17.8. The van der Waals surface area contributed by atoms with Crippen LogP contribution in [0.15, 0.2) is 66.7 Å². The van der Waals surface area contributed by atoms with Gasteiger partial charge in [-0.3, -0.25) is 9.59 Å². The van der Waals surface area contributed by atoms with Crippen molar-refractivity contribution in [3.63, 3.8) is 0 Å². The topological polar surface area (TPSA) is 49.9 Å². The Morgan fingerprint density at radius 2 is 1.85 bits per heavy atom. The third kappa shape index (κ3) is 3.45. The standard InChI is InChI=1S/C25H20F2N2O3S/c1-32-20-9-10-22-21(14-20)25(24(31)28(22)15-16-3-2-4-19(27)13-16)29(11-12-33-25)23(30)17-5-7-18(26)8-6-17/h2-10,13-14H,11-12,15H2,1H3. The van der Waals surface area contributed by atoms with Crippen LogP contribution >= 0.6 is 11.8 Å². The van der Waals surface area contributed by atoms with Crippen LogP contribution in [0.3, 0.4) is 0 Å². The molecule has 2 aliphatic heterocycles. The average molecular weight is 467 g/mol. The number of hydrogen-bond acceptors (Lipinski definition) is 4. The minimum Gasteiger partial charge on any atom is -0.497 e. The molecule has 5 nitrogen and oxygen atoms in total. The summed E-state index contributed by atoms with van der Waals surface area (Å²) < 4.78 is 32.6. The van der Waals surface area contributed by atoms with E-state index in [4.69, 9.17) is 4.74 Å². The lowest BCUT2D eigenvalue weighted by atomic mass is 10.0. The minimum absolute atomic E-state index is 0.164. The third-order valence-electron chi connectivity index (χ3n) is 5.97. The molecule has 1 fully saturated rings. The van der Waals surface area contributed by atoms with Gasteiger partial charge >= 0.3 is 0 Å². The molecule has 2 heterocycles. The SMILES string of the molecule is COc1ccc2c(c1)C1(SCCN1C(=O)c1ccc(F)cc1)C(=O)N2Cc1cccc(F)c1. The molecule has 0 bridgehead atoms. The summed E-state index contributed by atoms with van der Waals surface area (Å²) in [6.07, 6.45) is 0. The number of halogens is 2. The highest BCUT2D eigenvalue weighted by molar-refractivity contribution is 8.01. The van der Waals surface area contributed by atoms with Crippen molar-refractivity contribution in [2.24, 2.45) is 0 Å². The second-order valence-electron chi connectivity index (χ2n) is 7.86. The molecular formula is C25H20F2N2O3S. The first-order valence-corrected chi connectivity index (χ1v) is 11.4. The molecule has 0 aliphatic carbocycles. The average Bonchev–Trinajstić information content (AvgIpc) is 3.36. The van der Waals surface area contributed by atoms with Gasteiger partial charge in [0.1, 0.15) is 17.4 Å². The van der Waals surface area contributed by atoms with Gasteiger partial charge in [0.05, 0.1) is 19.3 Å². The number of fused-ring (bicyclic) bond motifs is 2. The van der Waals surface area contributed by atoms with Crippen LogP contribution in [0.2, 0.25) is 0 Å². The van der Waals surface area contributed by atoms with E-state index < -0.39 is 10.7 Å². The number of nitrogens with zero attached hydrogens (tertiary/aromatic N) is 2. The highest BCUT2D eigenvalue weighted by Gasteiger charge is 2.59. The Hall–Kier alpha value is -3.39. The van der Waals surface area contributed by atoms with E-state index in [1.807, 2.05) is 0 Å². The summed E-state index contributed by atoms with van der Waals surface area (Å²) in [7, 11) is 1.54. The summed E-state index contributed by atoms with van der Waals surface area (Å²) in [5.74, 6) is -0.321. The van der Waals surface area contributed by atoms with Gasteiger partial charge in [-0.15, -0.1) is 11.8 Å². The Labute approximate surface area is 193 Å². The first kappa shape index (κ1) is 21.5. The van der Waals surface area contributed by atoms with Crippen molar-refractivity contribution < 1.29 is 23.1 Å². The fourth-order valence-electron chi connectivity index (χ4n) is 4.44. The number of ether oxygens (including phenoxy) is 1. The van der Waals surface area contributed by atoms with Crippen molar-refractivity contribution in [1.82, 2.24) is 4.90 Å². The Morgan fingerprint density at radius 3 is 2.58 bits per heavy atom. The van der Waals surface area contributed by atoms with Gasteiger partial charge in [0, 0.05) is 23.4 Å². The second kappa shape index (κ2) is 8.19. The number of amides is 2. The quantitative estimate of drug-likeness (QED) is 0.566. The van der Waals surface area contributed by atoms with E-state index >= 15 is 0 Å². The number of hydrogen-bond donors (Lipinski definition) is 0. The molecule has 0 N–H and O–H groups in total. The van der Waals surface area contributed by atoms with Gasteiger partial charge in [0.15, 0.2) is 4.87 Å². The number of carbonyl (C=O) groups excluding carboxylic acids is 2. The Bertz CT molecular complexity index is 1250. The van der Waals surface area contributed by atoms with Crippen LogP contribution in [0.5, 0.6) is 5.75 Å². The Kier molecular flexibility index (Phi) is 5.32. The zero-order chi connectivity index (χ0) is 23.2. The number of carbonyl (C=O) groups is 2. The van der Waals surface area contributed by atoms with Gasteiger partial charge in [-0.2, -0.15) is 0 Å². The van der Waals surface area contributed by atoms with E-state index in [1.54, 1.807) is 47.2 Å². The molecule has 0 aromatic heterocycles. The molecule has 1 saturated heterocycles. The molecular weight excluding hydrogens is 446 g/mol. The van der Waals surface area contributed by atoms with Crippen molar-refractivity contribution in [2.45, 2.75) is 11.4 Å². The summed E-state index contributed by atoms with van der Waals surface area (Å²) in [6, 6.07) is 16.7. The maximum absolute atomic E-state index is 14.0. The first-order valence-electron chi connectivity index (χ1n) is 10.4. The number of anilines is 1. The van der Waals surface area contributed by atoms with Crippen LogP contribution in [0.4, 0.5) is 14.5 Å². The van der Waals surface area contributed by atoms with Crippen LogP contribution in [0, 0.1) is 11.6 Å². The molecule has 5 rings (SSSR count). The second-order valence-corrected chi connectivity index (χ2v) is 9.15. The van der Waals surface area contributed by atoms with Crippen molar-refractivity contribution in [1.29, 1.82) is 0 Å². The molecule has 0 radical (unpaired) electrons. The van der Waals surface area contributed by atoms with Crippen LogP contribution < -0.4 is 9.64 Å². The van der Waals surface area contributed by atoms with E-state index in [2.05, 4.69) is 0 Å². The lowest BCUT2D eigenvalue weighted by molar-refractivity contribution is -0.123. The lowest BCUT2D eigenvalue weighted by Gasteiger charge is -2.33. The fraction of sp³-hybridized carbons (Fsp3) is 0.200. The van der Waals surface area contributed by atoms with Gasteiger partial charge in [-0.1, -0.05) is 12.1 Å². The van der Waals surface area contributed by atoms with Crippen molar-refractivity contribution in [3.8, 4) is 5.75 Å². The number of rotatable bonds is 4. The van der Waals surface area contributed by atoms with Crippen LogP contribution in [-0.2, 0) is 16.2 Å². The van der Waals surface area contributed by atoms with Crippen molar-refractivity contribution in [2.75, 3.05) is 24.3 Å². The summed E-state index contributed by atoms with van der Waals surface area (Å²) in [5.41, 5.74) is 2.25. The summed E-state index contributed by atoms with van der Waals surface area (Å²) >= 11 is 1.38. The summed E-state index contributed by atoms with van der Waals surface area (Å²) in [6.45, 7) is 0.522. The molecule has 8 heteroatoms. The van der Waals surface area contributed by atoms with E-state index in [0.29, 0.717) is 40.4 Å². The van der Waals surface area contributed by atoms with Gasteiger partial charge in [0.25, 0.3) is 11.8 Å². The molecule has 33 heavy (non-hydrogen) atoms. The zero-order valence-corrected chi connectivity index (χ0v) is 18.6. The smallest absolute Gasteiger partial charge is 0.268 e. The molecule has 1 spiro atoms. The molecule has 1 atom stereocenters. The van der Waals surface area contributed by atoms with E-state index in [-0.39, 0.29) is 24.2 Å². The van der Waals surface area contributed by atoms with Crippen molar-refractivity contribution in [3.05, 3.63) is 95.1 Å². The maximum atomic E-state index is 14.0. The monoisotopic (exact) mass is 466 g/mol. The van der Waals surface area contributed by atoms with Crippen LogP contribution in [-0.4, -0.2) is 36.1 Å². The predicted octanol–water partition coefficient (Wildman–Crippen LogP) is 4.56. The molecule has 0 saturated carbocycles. The van der Waals surface area contributed by atoms with E-state index in [1.165, 1.54) is 48.2 Å². The predicted molar refractivity (Wildman–Crippen MR) is 122 cm³/mol. The van der Waals surface area contributed by atoms with E-state index in [9.17, 15) is 18.4 Å². The lowest BCUT2D eigenvalue weighted by Crippen LogP contribution is -2.50. The largest absolute Gasteiger partial charge is 0.497 e. The highest BCUT2D eigenvalue weighted by atomic mass is 32.2. The Morgan fingerprint density at radius 1 is 1.06 bits per heavy atom. The van der Waals surface area contributed by atoms with Gasteiger partial charge in [-0.05, 0) is 60.2 Å². The summed E-state index contributed by atoms with van der Waals surface area (Å²) in [4.78, 5) is 29.3. The van der Waals surface area contributed by atoms with Crippen LogP contribution in [0.1, 0.15) is 21.5 Å². The van der Waals surface area contributed by atoms with Gasteiger partial charge < -0.3 is 14.5 Å². The molecule has 2 amide bonds. The highest BCUT2D eigenvalue weighted by Crippen LogP contribution is 2.55. The number of methoxy groups -OCH3 is 1. The minimum atomic E-state index is -1.28. The number of benzene rings is 3. The van der Waals surface area contributed by atoms with Crippen LogP contribution in [0.25, 0.3) is 0 Å². The van der Waals surface area contributed by atoms with Crippen molar-refractivity contribution >= 4 is 29.3 Å². The third-order valence-corrected chi connectivity index (χ3v) is 7.39. The molecule has 1 unspecified atom stereocenters. The molecule has 2 aliphatic rings.